The maximum Gasteiger partial charge on any atom is 0.129 e. The van der Waals surface area contributed by atoms with Crippen LogP contribution in [0.3, 0.4) is 0 Å². The van der Waals surface area contributed by atoms with E-state index in [1.807, 2.05) is 19.0 Å². The number of hydrogen-bond acceptors (Lipinski definition) is 3. The van der Waals surface area contributed by atoms with Gasteiger partial charge in [0, 0.05) is 30.2 Å². The zero-order valence-corrected chi connectivity index (χ0v) is 11.8. The highest BCUT2D eigenvalue weighted by Gasteiger charge is 2.20. The monoisotopic (exact) mass is 274 g/mol. The minimum atomic E-state index is -0.841. The average Bonchev–Trinajstić information content (AvgIpc) is 2.19. The third-order valence-electron chi connectivity index (χ3n) is 2.49. The summed E-state index contributed by atoms with van der Waals surface area (Å²) in [6.45, 7) is 3.06. The van der Waals surface area contributed by atoms with Crippen LogP contribution in [0.5, 0.6) is 0 Å². The van der Waals surface area contributed by atoms with E-state index in [2.05, 4.69) is 5.32 Å². The molecule has 0 bridgehead atoms. The Balaban J connectivity index is 2.46. The van der Waals surface area contributed by atoms with Crippen LogP contribution in [0, 0.1) is 5.82 Å². The Kier molecular flexibility index (Phi) is 5.53. The van der Waals surface area contributed by atoms with E-state index in [1.165, 1.54) is 6.07 Å². The minimum absolute atomic E-state index is 0.331. The molecule has 0 radical (unpaired) electrons. The van der Waals surface area contributed by atoms with Gasteiger partial charge in [-0.15, -0.1) is 0 Å². The largest absolute Gasteiger partial charge is 0.388 e. The Morgan fingerprint density at radius 3 is 2.67 bits per heavy atom. The third kappa shape index (κ3) is 5.31. The zero-order chi connectivity index (χ0) is 13.8. The molecule has 0 aliphatic carbocycles. The molecule has 0 heterocycles. The summed E-state index contributed by atoms with van der Waals surface area (Å²) in [6, 6.07) is 4.58. The third-order valence-corrected chi connectivity index (χ3v) is 2.73. The average molecular weight is 275 g/mol. The molecule has 3 nitrogen and oxygen atoms in total. The first kappa shape index (κ1) is 15.4. The molecule has 0 aromatic heterocycles. The normalized spacial score (nSPS) is 14.8. The number of hydrogen-bond donors (Lipinski definition) is 2. The fourth-order valence-electron chi connectivity index (χ4n) is 1.87. The second kappa shape index (κ2) is 6.48. The molecule has 0 aliphatic rings. The van der Waals surface area contributed by atoms with Crippen molar-refractivity contribution in [2.75, 3.05) is 27.2 Å². The van der Waals surface area contributed by atoms with Crippen LogP contribution in [0.4, 0.5) is 4.39 Å². The van der Waals surface area contributed by atoms with Crippen molar-refractivity contribution in [2.45, 2.75) is 19.1 Å². The van der Waals surface area contributed by atoms with Gasteiger partial charge in [0.25, 0.3) is 0 Å². The highest BCUT2D eigenvalue weighted by atomic mass is 35.5. The van der Waals surface area contributed by atoms with Crippen LogP contribution in [0.2, 0.25) is 5.02 Å². The molecule has 102 valence electrons. The number of likely N-dealkylation sites (N-methyl/N-ethyl adjacent to an activating group) is 1. The van der Waals surface area contributed by atoms with Gasteiger partial charge in [-0.2, -0.15) is 0 Å². The highest BCUT2D eigenvalue weighted by molar-refractivity contribution is 6.30. The van der Waals surface area contributed by atoms with E-state index in [9.17, 15) is 9.50 Å². The van der Waals surface area contributed by atoms with Crippen molar-refractivity contribution in [3.8, 4) is 0 Å². The summed E-state index contributed by atoms with van der Waals surface area (Å²) >= 11 is 5.67. The molecule has 5 heteroatoms. The molecule has 1 aromatic carbocycles. The van der Waals surface area contributed by atoms with Crippen molar-refractivity contribution >= 4 is 11.6 Å². The highest BCUT2D eigenvalue weighted by Crippen LogP contribution is 2.14. The van der Waals surface area contributed by atoms with Gasteiger partial charge in [-0.25, -0.2) is 4.39 Å². The minimum Gasteiger partial charge on any atom is -0.388 e. The van der Waals surface area contributed by atoms with E-state index in [4.69, 9.17) is 11.6 Å². The van der Waals surface area contributed by atoms with Crippen LogP contribution in [0.1, 0.15) is 12.5 Å². The first-order valence-electron chi connectivity index (χ1n) is 5.82. The van der Waals surface area contributed by atoms with Crippen LogP contribution >= 0.6 is 11.6 Å². The van der Waals surface area contributed by atoms with Crippen molar-refractivity contribution in [3.63, 3.8) is 0 Å². The number of rotatable bonds is 6. The predicted molar refractivity (Wildman–Crippen MR) is 72.3 cm³/mol. The van der Waals surface area contributed by atoms with Crippen LogP contribution in [0.25, 0.3) is 0 Å². The van der Waals surface area contributed by atoms with E-state index in [1.54, 1.807) is 19.1 Å². The van der Waals surface area contributed by atoms with E-state index < -0.39 is 5.60 Å². The Morgan fingerprint density at radius 1 is 1.44 bits per heavy atom. The van der Waals surface area contributed by atoms with Gasteiger partial charge < -0.3 is 15.3 Å². The summed E-state index contributed by atoms with van der Waals surface area (Å²) in [5.41, 5.74) is -0.299. The molecule has 0 fully saturated rings. The first-order chi connectivity index (χ1) is 8.30. The Bertz CT molecular complexity index is 397. The summed E-state index contributed by atoms with van der Waals surface area (Å²) in [5.74, 6) is -0.331. The molecule has 0 amide bonds. The van der Waals surface area contributed by atoms with Crippen LogP contribution in [-0.4, -0.2) is 42.8 Å². The smallest absolute Gasteiger partial charge is 0.129 e. The first-order valence-corrected chi connectivity index (χ1v) is 6.20. The number of benzene rings is 1. The topological polar surface area (TPSA) is 35.5 Å². The van der Waals surface area contributed by atoms with Gasteiger partial charge in [0.1, 0.15) is 5.82 Å². The molecule has 18 heavy (non-hydrogen) atoms. The lowest BCUT2D eigenvalue weighted by atomic mass is 10.1. The molecular formula is C13H20ClFN2O. The fourth-order valence-corrected chi connectivity index (χ4v) is 2.03. The maximum absolute atomic E-state index is 13.5. The van der Waals surface area contributed by atoms with Gasteiger partial charge in [-0.1, -0.05) is 17.7 Å². The quantitative estimate of drug-likeness (QED) is 0.832. The Morgan fingerprint density at radius 2 is 2.11 bits per heavy atom. The van der Waals surface area contributed by atoms with Crippen molar-refractivity contribution in [3.05, 3.63) is 34.6 Å². The van der Waals surface area contributed by atoms with Gasteiger partial charge in [-0.3, -0.25) is 0 Å². The van der Waals surface area contributed by atoms with Crippen molar-refractivity contribution in [1.82, 2.24) is 10.2 Å². The van der Waals surface area contributed by atoms with Gasteiger partial charge in [0.05, 0.1) is 5.60 Å². The van der Waals surface area contributed by atoms with Gasteiger partial charge in [0.15, 0.2) is 0 Å². The molecule has 0 aliphatic heterocycles. The number of halogens is 2. The number of nitrogens with one attached hydrogen (secondary N) is 1. The molecule has 0 spiro atoms. The lowest BCUT2D eigenvalue weighted by molar-refractivity contribution is 0.0335. The molecule has 1 atom stereocenters. The van der Waals surface area contributed by atoms with Crippen LogP contribution in [0.15, 0.2) is 18.2 Å². The molecule has 0 saturated carbocycles. The Labute approximate surface area is 113 Å². The molecule has 0 saturated heterocycles. The molecule has 1 unspecified atom stereocenters. The Hall–Kier alpha value is -0.680. The van der Waals surface area contributed by atoms with Gasteiger partial charge in [0.2, 0.25) is 0 Å². The lowest BCUT2D eigenvalue weighted by Crippen LogP contribution is -2.45. The second-order valence-electron chi connectivity index (χ2n) is 5.07. The summed E-state index contributed by atoms with van der Waals surface area (Å²) < 4.78 is 13.5. The van der Waals surface area contributed by atoms with Gasteiger partial charge in [-0.05, 0) is 33.2 Å². The van der Waals surface area contributed by atoms with Crippen LogP contribution < -0.4 is 5.32 Å². The molecule has 1 rings (SSSR count). The second-order valence-corrected chi connectivity index (χ2v) is 5.51. The summed E-state index contributed by atoms with van der Waals surface area (Å²) in [5, 5.41) is 13.5. The number of aliphatic hydroxyl groups is 1. The molecule has 2 N–H and O–H groups in total. The van der Waals surface area contributed by atoms with E-state index in [0.717, 1.165) is 0 Å². The van der Waals surface area contributed by atoms with Gasteiger partial charge >= 0.3 is 0 Å². The summed E-state index contributed by atoms with van der Waals surface area (Å²) in [6.07, 6.45) is 0. The lowest BCUT2D eigenvalue weighted by Gasteiger charge is -2.27. The standard InChI is InChI=1S/C13H20ClFN2O/c1-13(18,9-17(2)3)8-16-7-10-4-5-11(14)6-12(10)15/h4-6,16,18H,7-9H2,1-3H3. The van der Waals surface area contributed by atoms with Crippen LogP contribution in [-0.2, 0) is 6.54 Å². The fraction of sp³-hybridized carbons (Fsp3) is 0.538. The summed E-state index contributed by atoms with van der Waals surface area (Å²) in [4.78, 5) is 1.91. The van der Waals surface area contributed by atoms with Crippen molar-refractivity contribution in [2.24, 2.45) is 0 Å². The maximum atomic E-state index is 13.5. The van der Waals surface area contributed by atoms with Crippen molar-refractivity contribution in [1.29, 1.82) is 0 Å². The SMILES string of the molecule is CN(C)CC(C)(O)CNCc1ccc(Cl)cc1F. The van der Waals surface area contributed by atoms with Crippen molar-refractivity contribution < 1.29 is 9.50 Å². The van der Waals surface area contributed by atoms with E-state index in [-0.39, 0.29) is 5.82 Å². The molecular weight excluding hydrogens is 255 g/mol. The number of nitrogens with zero attached hydrogens (tertiary/aromatic N) is 1. The zero-order valence-electron chi connectivity index (χ0n) is 11.0. The summed E-state index contributed by atoms with van der Waals surface area (Å²) in [7, 11) is 3.79. The van der Waals surface area contributed by atoms with E-state index in [0.29, 0.717) is 30.2 Å². The predicted octanol–water partition coefficient (Wildman–Crippen LogP) is 1.88. The molecule has 1 aromatic rings. The van der Waals surface area contributed by atoms with E-state index >= 15 is 0 Å².